The van der Waals surface area contributed by atoms with E-state index in [1.165, 1.54) is 4.68 Å². The first-order valence-corrected chi connectivity index (χ1v) is 6.92. The van der Waals surface area contributed by atoms with Crippen molar-refractivity contribution >= 4 is 0 Å². The van der Waals surface area contributed by atoms with Crippen LogP contribution in [0.3, 0.4) is 0 Å². The zero-order valence-electron chi connectivity index (χ0n) is 12.5. The molecule has 0 radical (unpaired) electrons. The first-order chi connectivity index (χ1) is 10.5. The van der Waals surface area contributed by atoms with Crippen LogP contribution >= 0.6 is 0 Å². The SMILES string of the molecule is CC(C)c1nc2c(=O)n(-c3ccccc3)c(=O)nc-2n(C)n1. The highest BCUT2D eigenvalue weighted by atomic mass is 16.2. The number of para-hydroxylation sites is 1. The van der Waals surface area contributed by atoms with Crippen LogP contribution in [-0.4, -0.2) is 24.3 Å². The van der Waals surface area contributed by atoms with Crippen LogP contribution in [0.2, 0.25) is 0 Å². The van der Waals surface area contributed by atoms with Gasteiger partial charge in [-0.1, -0.05) is 32.0 Å². The average molecular weight is 297 g/mol. The molecule has 2 heterocycles. The van der Waals surface area contributed by atoms with Gasteiger partial charge in [0.15, 0.2) is 17.3 Å². The predicted octanol–water partition coefficient (Wildman–Crippen LogP) is 0.949. The zero-order chi connectivity index (χ0) is 15.9. The number of rotatable bonds is 2. The third-order valence-corrected chi connectivity index (χ3v) is 3.33. The molecule has 22 heavy (non-hydrogen) atoms. The zero-order valence-corrected chi connectivity index (χ0v) is 12.5. The van der Waals surface area contributed by atoms with Crippen LogP contribution in [-0.2, 0) is 7.05 Å². The van der Waals surface area contributed by atoms with Gasteiger partial charge in [-0.3, -0.25) is 4.79 Å². The molecular weight excluding hydrogens is 282 g/mol. The van der Waals surface area contributed by atoms with Crippen LogP contribution < -0.4 is 11.2 Å². The number of aromatic nitrogens is 5. The van der Waals surface area contributed by atoms with E-state index in [4.69, 9.17) is 0 Å². The molecule has 2 aliphatic rings. The summed E-state index contributed by atoms with van der Waals surface area (Å²) in [5.41, 5.74) is -0.509. The number of hydrogen-bond donors (Lipinski definition) is 0. The summed E-state index contributed by atoms with van der Waals surface area (Å²) in [4.78, 5) is 33.2. The second-order valence-corrected chi connectivity index (χ2v) is 5.29. The van der Waals surface area contributed by atoms with E-state index < -0.39 is 11.2 Å². The maximum atomic E-state index is 12.7. The van der Waals surface area contributed by atoms with Gasteiger partial charge in [-0.15, -0.1) is 0 Å². The van der Waals surface area contributed by atoms with Crippen LogP contribution in [0.4, 0.5) is 0 Å². The molecule has 0 unspecified atom stereocenters. The Morgan fingerprint density at radius 2 is 1.73 bits per heavy atom. The Balaban J connectivity index is 2.40. The predicted molar refractivity (Wildman–Crippen MR) is 81.4 cm³/mol. The summed E-state index contributed by atoms with van der Waals surface area (Å²) in [5, 5.41) is 4.24. The van der Waals surface area contributed by atoms with Gasteiger partial charge in [-0.25, -0.2) is 19.0 Å². The Kier molecular flexibility index (Phi) is 3.32. The molecule has 2 aliphatic heterocycles. The molecule has 0 atom stereocenters. The summed E-state index contributed by atoms with van der Waals surface area (Å²) in [7, 11) is 1.65. The molecule has 3 rings (SSSR count). The van der Waals surface area contributed by atoms with E-state index in [0.717, 1.165) is 4.57 Å². The topological polar surface area (TPSA) is 82.7 Å². The molecule has 1 aromatic rings. The molecule has 0 saturated heterocycles. The maximum absolute atomic E-state index is 12.7. The van der Waals surface area contributed by atoms with Gasteiger partial charge >= 0.3 is 5.69 Å². The van der Waals surface area contributed by atoms with Gasteiger partial charge in [0.25, 0.3) is 5.56 Å². The molecule has 0 saturated carbocycles. The fourth-order valence-corrected chi connectivity index (χ4v) is 2.19. The van der Waals surface area contributed by atoms with Gasteiger partial charge in [0.2, 0.25) is 0 Å². The third-order valence-electron chi connectivity index (χ3n) is 3.33. The van der Waals surface area contributed by atoms with Gasteiger partial charge < -0.3 is 0 Å². The minimum atomic E-state index is -0.639. The van der Waals surface area contributed by atoms with E-state index in [9.17, 15) is 9.59 Å². The highest BCUT2D eigenvalue weighted by Gasteiger charge is 2.21. The molecule has 7 heteroatoms. The molecule has 112 valence electrons. The summed E-state index contributed by atoms with van der Waals surface area (Å²) >= 11 is 0. The number of nitrogens with zero attached hydrogens (tertiary/aromatic N) is 5. The molecule has 1 aromatic carbocycles. The van der Waals surface area contributed by atoms with Crippen molar-refractivity contribution in [3.05, 3.63) is 57.0 Å². The number of benzene rings is 1. The number of aryl methyl sites for hydroxylation is 1. The Bertz CT molecular complexity index is 912. The van der Waals surface area contributed by atoms with E-state index in [2.05, 4.69) is 15.1 Å². The lowest BCUT2D eigenvalue weighted by molar-refractivity contribution is 0.626. The first-order valence-electron chi connectivity index (χ1n) is 6.92. The molecule has 0 bridgehead atoms. The first kappa shape index (κ1) is 14.1. The van der Waals surface area contributed by atoms with Crippen molar-refractivity contribution in [3.8, 4) is 17.2 Å². The van der Waals surface area contributed by atoms with Gasteiger partial charge in [0.05, 0.1) is 5.69 Å². The molecule has 0 aliphatic carbocycles. The smallest absolute Gasteiger partial charge is 0.266 e. The standard InChI is InChI=1S/C15H15N5O2/c1-9(2)12-16-11-13(19(3)18-12)17-15(22)20(14(11)21)10-7-5-4-6-8-10/h4-9H,1-3H3. The van der Waals surface area contributed by atoms with E-state index in [1.54, 1.807) is 31.3 Å². The van der Waals surface area contributed by atoms with E-state index >= 15 is 0 Å². The van der Waals surface area contributed by atoms with E-state index in [0.29, 0.717) is 11.5 Å². The van der Waals surface area contributed by atoms with Crippen molar-refractivity contribution in [2.45, 2.75) is 19.8 Å². The van der Waals surface area contributed by atoms with E-state index in [-0.39, 0.29) is 17.4 Å². The fourth-order valence-electron chi connectivity index (χ4n) is 2.19. The molecule has 0 aromatic heterocycles. The molecule has 0 N–H and O–H groups in total. The molecular formula is C15H15N5O2. The Labute approximate surface area is 126 Å². The average Bonchev–Trinajstić information content (AvgIpc) is 2.49. The van der Waals surface area contributed by atoms with Crippen LogP contribution in [0, 0.1) is 0 Å². The minimum Gasteiger partial charge on any atom is -0.266 e. The van der Waals surface area contributed by atoms with Crippen LogP contribution in [0.1, 0.15) is 25.6 Å². The monoisotopic (exact) mass is 297 g/mol. The quantitative estimate of drug-likeness (QED) is 0.703. The molecule has 7 nitrogen and oxygen atoms in total. The second-order valence-electron chi connectivity index (χ2n) is 5.29. The highest BCUT2D eigenvalue weighted by Crippen LogP contribution is 2.14. The lowest BCUT2D eigenvalue weighted by Gasteiger charge is -2.13. The normalized spacial score (nSPS) is 11.3. The highest BCUT2D eigenvalue weighted by molar-refractivity contribution is 5.49. The van der Waals surface area contributed by atoms with Crippen molar-refractivity contribution in [2.24, 2.45) is 7.05 Å². The maximum Gasteiger partial charge on any atom is 0.357 e. The Hall–Kier alpha value is -2.83. The van der Waals surface area contributed by atoms with Gasteiger partial charge in [0, 0.05) is 13.0 Å². The molecule has 0 fully saturated rings. The number of fused-ring (bicyclic) bond motifs is 1. The molecule has 0 amide bonds. The lowest BCUT2D eigenvalue weighted by atomic mass is 10.2. The van der Waals surface area contributed by atoms with Crippen molar-refractivity contribution in [3.63, 3.8) is 0 Å². The summed E-state index contributed by atoms with van der Waals surface area (Å²) in [6.07, 6.45) is 0. The van der Waals surface area contributed by atoms with Crippen LogP contribution in [0.5, 0.6) is 0 Å². The van der Waals surface area contributed by atoms with Gasteiger partial charge in [0.1, 0.15) is 0 Å². The van der Waals surface area contributed by atoms with Crippen molar-refractivity contribution < 1.29 is 0 Å². The third kappa shape index (κ3) is 2.20. The Morgan fingerprint density at radius 3 is 2.36 bits per heavy atom. The Morgan fingerprint density at radius 1 is 1.05 bits per heavy atom. The minimum absolute atomic E-state index is 0.0621. The van der Waals surface area contributed by atoms with Crippen LogP contribution in [0.25, 0.3) is 17.2 Å². The lowest BCUT2D eigenvalue weighted by Crippen LogP contribution is -2.38. The van der Waals surface area contributed by atoms with Gasteiger partial charge in [-0.2, -0.15) is 10.1 Å². The number of hydrogen-bond acceptors (Lipinski definition) is 5. The summed E-state index contributed by atoms with van der Waals surface area (Å²) in [6.45, 7) is 3.87. The summed E-state index contributed by atoms with van der Waals surface area (Å²) < 4.78 is 2.45. The fraction of sp³-hybridized carbons (Fsp3) is 0.267. The largest absolute Gasteiger partial charge is 0.357 e. The van der Waals surface area contributed by atoms with Crippen molar-refractivity contribution in [1.29, 1.82) is 0 Å². The summed E-state index contributed by atoms with van der Waals surface area (Å²) in [6, 6.07) is 8.68. The summed E-state index contributed by atoms with van der Waals surface area (Å²) in [5.74, 6) is 0.783. The second kappa shape index (κ2) is 5.18. The van der Waals surface area contributed by atoms with Gasteiger partial charge in [-0.05, 0) is 12.1 Å². The van der Waals surface area contributed by atoms with Crippen molar-refractivity contribution in [2.75, 3.05) is 0 Å². The molecule has 0 spiro atoms. The van der Waals surface area contributed by atoms with E-state index in [1.807, 2.05) is 19.9 Å². The van der Waals surface area contributed by atoms with Crippen LogP contribution in [0.15, 0.2) is 39.9 Å². The van der Waals surface area contributed by atoms with Crippen molar-refractivity contribution in [1.82, 2.24) is 24.3 Å².